The predicted octanol–water partition coefficient (Wildman–Crippen LogP) is 3.37. The number of nitrogens with one attached hydrogen (secondary N) is 1. The van der Waals surface area contributed by atoms with Crippen LogP contribution in [0.2, 0.25) is 0 Å². The van der Waals surface area contributed by atoms with E-state index in [0.29, 0.717) is 12.1 Å². The van der Waals surface area contributed by atoms with Gasteiger partial charge in [0.25, 0.3) is 0 Å². The Morgan fingerprint density at radius 3 is 2.14 bits per heavy atom. The molecule has 2 N–H and O–H groups in total. The number of rotatable bonds is 5. The van der Waals surface area contributed by atoms with Gasteiger partial charge >= 0.3 is 12.4 Å². The first-order chi connectivity index (χ1) is 13.5. The van der Waals surface area contributed by atoms with Gasteiger partial charge in [0.15, 0.2) is 5.82 Å². The van der Waals surface area contributed by atoms with Crippen molar-refractivity contribution in [2.45, 2.75) is 31.4 Å². The van der Waals surface area contributed by atoms with Crippen molar-refractivity contribution >= 4 is 6.20 Å². The predicted molar refractivity (Wildman–Crippen MR) is 90.7 cm³/mol. The van der Waals surface area contributed by atoms with Crippen molar-refractivity contribution in [3.63, 3.8) is 0 Å². The second-order valence-corrected chi connectivity index (χ2v) is 6.45. The van der Waals surface area contributed by atoms with Gasteiger partial charge in [0.2, 0.25) is 0 Å². The van der Waals surface area contributed by atoms with E-state index in [1.165, 1.54) is 12.3 Å². The van der Waals surface area contributed by atoms with Gasteiger partial charge in [-0.25, -0.2) is 20.1 Å². The van der Waals surface area contributed by atoms with Crippen LogP contribution in [-0.4, -0.2) is 44.2 Å². The number of benzene rings is 1. The third-order valence-electron chi connectivity index (χ3n) is 4.20. The summed E-state index contributed by atoms with van der Waals surface area (Å²) in [7, 11) is 0. The quantitative estimate of drug-likeness (QED) is 0.573. The summed E-state index contributed by atoms with van der Waals surface area (Å²) >= 11 is 0. The molecule has 1 fully saturated rings. The largest absolute Gasteiger partial charge is 0.416 e. The summed E-state index contributed by atoms with van der Waals surface area (Å²) in [6, 6.07) is 1.16. The van der Waals surface area contributed by atoms with Crippen LogP contribution < -0.4 is 5.43 Å². The zero-order chi connectivity index (χ0) is 21.2. The number of halogens is 6. The Hall–Kier alpha value is -2.44. The molecular weight excluding hydrogens is 404 g/mol. The van der Waals surface area contributed by atoms with Gasteiger partial charge < -0.3 is 5.11 Å². The monoisotopic (exact) mass is 421 g/mol. The molecule has 1 atom stereocenters. The molecule has 1 aromatic carbocycles. The first-order valence-corrected chi connectivity index (χ1v) is 8.61. The van der Waals surface area contributed by atoms with E-state index >= 15 is 0 Å². The molecule has 1 saturated heterocycles. The summed E-state index contributed by atoms with van der Waals surface area (Å²) in [4.78, 5) is 3.77. The Morgan fingerprint density at radius 1 is 1.00 bits per heavy atom. The van der Waals surface area contributed by atoms with Crippen LogP contribution in [0.15, 0.2) is 30.6 Å². The third-order valence-corrected chi connectivity index (χ3v) is 4.20. The van der Waals surface area contributed by atoms with Gasteiger partial charge in [-0.2, -0.15) is 26.3 Å². The lowest BCUT2D eigenvalue weighted by molar-refractivity contribution is -0.143. The number of alkyl halides is 6. The maximum Gasteiger partial charge on any atom is 0.416 e. The number of aromatic nitrogens is 3. The molecule has 0 spiro atoms. The minimum atomic E-state index is -4.95. The van der Waals surface area contributed by atoms with Gasteiger partial charge in [-0.15, -0.1) is 5.10 Å². The molecular formula is C17H17F6N5O. The van der Waals surface area contributed by atoms with Gasteiger partial charge in [0.05, 0.1) is 11.1 Å². The third kappa shape index (κ3) is 5.55. The normalized spacial score (nSPS) is 17.3. The van der Waals surface area contributed by atoms with Gasteiger partial charge in [-0.05, 0) is 37.1 Å². The summed E-state index contributed by atoms with van der Waals surface area (Å²) in [6.45, 7) is 1.57. The van der Waals surface area contributed by atoms with E-state index < -0.39 is 35.3 Å². The first kappa shape index (κ1) is 21.3. The zero-order valence-electron chi connectivity index (χ0n) is 14.9. The van der Waals surface area contributed by atoms with Crippen LogP contribution >= 0.6 is 0 Å². The maximum atomic E-state index is 13.0. The smallest absolute Gasteiger partial charge is 0.374 e. The molecule has 12 heteroatoms. The fraction of sp³-hybridized carbons (Fsp3) is 0.412. The van der Waals surface area contributed by atoms with Crippen molar-refractivity contribution < 1.29 is 31.4 Å². The molecule has 0 aliphatic carbocycles. The van der Waals surface area contributed by atoms with E-state index in [-0.39, 0.29) is 11.9 Å². The highest BCUT2D eigenvalue weighted by Crippen LogP contribution is 2.38. The molecule has 1 unspecified atom stereocenters. The highest BCUT2D eigenvalue weighted by molar-refractivity contribution is 5.58. The number of hydrazine groups is 1. The van der Waals surface area contributed by atoms with Crippen molar-refractivity contribution in [3.05, 3.63) is 41.7 Å². The van der Waals surface area contributed by atoms with Crippen LogP contribution in [0.3, 0.4) is 0 Å². The molecule has 2 heterocycles. The van der Waals surface area contributed by atoms with Gasteiger partial charge in [0.1, 0.15) is 12.6 Å². The van der Waals surface area contributed by atoms with Crippen LogP contribution in [0, 0.1) is 0 Å². The van der Waals surface area contributed by atoms with Crippen molar-refractivity contribution in [1.29, 1.82) is 0 Å². The number of hydrogen-bond donors (Lipinski definition) is 2. The van der Waals surface area contributed by atoms with Crippen LogP contribution in [0.25, 0.3) is 17.6 Å². The van der Waals surface area contributed by atoms with Gasteiger partial charge in [-0.3, -0.25) is 0 Å². The summed E-state index contributed by atoms with van der Waals surface area (Å²) < 4.78 is 78.9. The highest BCUT2D eigenvalue weighted by atomic mass is 19.4. The minimum Gasteiger partial charge on any atom is -0.374 e. The Bertz CT molecular complexity index is 838. The van der Waals surface area contributed by atoms with Crippen LogP contribution in [-0.2, 0) is 12.4 Å². The van der Waals surface area contributed by atoms with Crippen molar-refractivity contribution in [3.8, 4) is 11.4 Å². The summed E-state index contributed by atoms with van der Waals surface area (Å²) in [5.74, 6) is -0.312. The van der Waals surface area contributed by atoms with Crippen LogP contribution in [0.1, 0.15) is 24.0 Å². The van der Waals surface area contributed by atoms with E-state index in [4.69, 9.17) is 0 Å². The summed E-state index contributed by atoms with van der Waals surface area (Å²) in [5, 5.41) is 15.6. The summed E-state index contributed by atoms with van der Waals surface area (Å²) in [6.07, 6.45) is -5.20. The molecule has 2 aromatic rings. The van der Waals surface area contributed by atoms with Crippen molar-refractivity contribution in [2.75, 3.05) is 13.1 Å². The molecule has 0 amide bonds. The summed E-state index contributed by atoms with van der Waals surface area (Å²) in [5.41, 5.74) is -0.485. The van der Waals surface area contributed by atoms with Gasteiger partial charge in [0, 0.05) is 24.9 Å². The molecule has 1 aliphatic heterocycles. The molecule has 1 aliphatic rings. The second-order valence-electron chi connectivity index (χ2n) is 6.45. The number of aliphatic hydroxyl groups excluding tert-OH is 1. The average molecular weight is 421 g/mol. The van der Waals surface area contributed by atoms with Crippen LogP contribution in [0.4, 0.5) is 26.3 Å². The molecule has 3 rings (SSSR count). The van der Waals surface area contributed by atoms with E-state index in [1.807, 2.05) is 5.01 Å². The fourth-order valence-electron chi connectivity index (χ4n) is 2.81. The molecule has 0 saturated carbocycles. The number of hydrogen-bond acceptors (Lipinski definition) is 5. The second kappa shape index (κ2) is 8.13. The van der Waals surface area contributed by atoms with E-state index in [1.54, 1.807) is 0 Å². The topological polar surface area (TPSA) is 66.2 Å². The van der Waals surface area contributed by atoms with E-state index in [2.05, 4.69) is 15.5 Å². The Kier molecular flexibility index (Phi) is 5.96. The molecule has 6 nitrogen and oxygen atoms in total. The Morgan fingerprint density at radius 2 is 1.59 bits per heavy atom. The van der Waals surface area contributed by atoms with Crippen LogP contribution in [0.5, 0.6) is 0 Å². The Labute approximate surface area is 161 Å². The molecule has 0 radical (unpaired) electrons. The zero-order valence-corrected chi connectivity index (χ0v) is 14.9. The molecule has 1 aromatic heterocycles. The molecule has 0 bridgehead atoms. The molecule has 29 heavy (non-hydrogen) atoms. The number of nitrogens with zero attached hydrogens (tertiary/aromatic N) is 4. The SMILES string of the molecule is OC(/C=C\n1cnc(-c2cc(C(F)(F)F)cc(C(F)(F)F)c2)n1)NN1CCCC1. The Balaban J connectivity index is 1.81. The maximum absolute atomic E-state index is 13.0. The van der Waals surface area contributed by atoms with Gasteiger partial charge in [-0.1, -0.05) is 0 Å². The standard InChI is InChI=1S/C17H17F6N5O/c18-16(19,20)12-7-11(8-13(9-12)17(21,22)23)15-24-10-28(26-15)6-3-14(29)25-27-4-1-2-5-27/h3,6-10,14,25,29H,1-2,4-5H2/b6-3-. The lowest BCUT2D eigenvalue weighted by atomic mass is 10.0. The molecule has 158 valence electrons. The lowest BCUT2D eigenvalue weighted by Crippen LogP contribution is -2.41. The highest BCUT2D eigenvalue weighted by Gasteiger charge is 2.37. The average Bonchev–Trinajstić information content (AvgIpc) is 3.30. The van der Waals surface area contributed by atoms with Crippen molar-refractivity contribution in [2.24, 2.45) is 0 Å². The first-order valence-electron chi connectivity index (χ1n) is 8.61. The van der Waals surface area contributed by atoms with E-state index in [0.717, 1.165) is 36.9 Å². The number of aliphatic hydroxyl groups is 1. The van der Waals surface area contributed by atoms with E-state index in [9.17, 15) is 31.4 Å². The minimum absolute atomic E-state index is 0.0424. The van der Waals surface area contributed by atoms with Crippen molar-refractivity contribution in [1.82, 2.24) is 25.2 Å². The lowest BCUT2D eigenvalue weighted by Gasteiger charge is -2.18. The fourth-order valence-corrected chi connectivity index (χ4v) is 2.81.